The number of rotatable bonds is 5. The summed E-state index contributed by atoms with van der Waals surface area (Å²) in [4.78, 5) is 6.66. The third-order valence-electron chi connectivity index (χ3n) is 3.66. The third kappa shape index (κ3) is 3.45. The molecule has 1 fully saturated rings. The van der Waals surface area contributed by atoms with Crippen molar-refractivity contribution in [2.45, 2.75) is 26.4 Å². The number of ether oxygens (including phenoxy) is 2. The second-order valence-electron chi connectivity index (χ2n) is 5.32. The molecule has 0 unspecified atom stereocenters. The van der Waals surface area contributed by atoms with E-state index in [0.717, 1.165) is 25.4 Å². The topological polar surface area (TPSA) is 60.6 Å². The normalized spacial score (nSPS) is 19.3. The van der Waals surface area contributed by atoms with Gasteiger partial charge in [0.25, 0.3) is 0 Å². The van der Waals surface area contributed by atoms with Gasteiger partial charge in [0.1, 0.15) is 11.8 Å². The molecule has 1 saturated heterocycles. The van der Waals surface area contributed by atoms with Crippen molar-refractivity contribution in [3.8, 4) is 5.75 Å². The van der Waals surface area contributed by atoms with E-state index in [9.17, 15) is 0 Å². The van der Waals surface area contributed by atoms with Crippen molar-refractivity contribution in [3.05, 3.63) is 41.5 Å². The highest BCUT2D eigenvalue weighted by Gasteiger charge is 2.29. The molecule has 1 aliphatic heterocycles. The molecule has 22 heavy (non-hydrogen) atoms. The number of morpholine rings is 1. The molecule has 0 saturated carbocycles. The third-order valence-corrected chi connectivity index (χ3v) is 3.66. The molecule has 6 heteroatoms. The predicted molar refractivity (Wildman–Crippen MR) is 80.6 cm³/mol. The minimum atomic E-state index is 0.00528. The van der Waals surface area contributed by atoms with Crippen LogP contribution in [0.1, 0.15) is 30.2 Å². The van der Waals surface area contributed by atoms with E-state index in [1.807, 2.05) is 26.0 Å². The maximum absolute atomic E-state index is 5.58. The zero-order valence-electron chi connectivity index (χ0n) is 13.0. The molecule has 1 atom stereocenters. The fourth-order valence-corrected chi connectivity index (χ4v) is 2.64. The Bertz CT molecular complexity index is 614. The fraction of sp³-hybridized carbons (Fsp3) is 0.500. The molecule has 2 heterocycles. The van der Waals surface area contributed by atoms with E-state index >= 15 is 0 Å². The SMILES string of the molecule is CCOc1cccc(CN2CCOC[C@@H]2c2nc(C)no2)c1. The second-order valence-corrected chi connectivity index (χ2v) is 5.32. The Kier molecular flexibility index (Phi) is 4.70. The standard InChI is InChI=1S/C16H21N3O3/c1-3-21-14-6-4-5-13(9-14)10-19-7-8-20-11-15(19)16-17-12(2)18-22-16/h4-6,9,15H,3,7-8,10-11H2,1-2H3/t15-/m1/s1. The van der Waals surface area contributed by atoms with Crippen LogP contribution >= 0.6 is 0 Å². The summed E-state index contributed by atoms with van der Waals surface area (Å²) in [6.45, 7) is 7.42. The molecule has 0 radical (unpaired) electrons. The van der Waals surface area contributed by atoms with Crippen LogP contribution in [0.5, 0.6) is 5.75 Å². The van der Waals surface area contributed by atoms with Gasteiger partial charge in [-0.05, 0) is 31.5 Å². The van der Waals surface area contributed by atoms with Gasteiger partial charge in [0.05, 0.1) is 19.8 Å². The van der Waals surface area contributed by atoms with Crippen molar-refractivity contribution < 1.29 is 14.0 Å². The van der Waals surface area contributed by atoms with Crippen LogP contribution in [-0.4, -0.2) is 41.4 Å². The summed E-state index contributed by atoms with van der Waals surface area (Å²) in [6, 6.07) is 8.19. The predicted octanol–water partition coefficient (Wildman–Crippen LogP) is 2.35. The summed E-state index contributed by atoms with van der Waals surface area (Å²) >= 11 is 0. The number of hydrogen-bond acceptors (Lipinski definition) is 6. The Morgan fingerprint density at radius 1 is 1.41 bits per heavy atom. The van der Waals surface area contributed by atoms with E-state index < -0.39 is 0 Å². The smallest absolute Gasteiger partial charge is 0.246 e. The van der Waals surface area contributed by atoms with E-state index in [1.54, 1.807) is 0 Å². The molecule has 2 aromatic rings. The van der Waals surface area contributed by atoms with Crippen molar-refractivity contribution in [3.63, 3.8) is 0 Å². The first-order valence-corrected chi connectivity index (χ1v) is 7.60. The molecule has 0 bridgehead atoms. The lowest BCUT2D eigenvalue weighted by atomic mass is 10.1. The fourth-order valence-electron chi connectivity index (χ4n) is 2.64. The van der Waals surface area contributed by atoms with Crippen LogP contribution < -0.4 is 4.74 Å². The molecular weight excluding hydrogens is 282 g/mol. The van der Waals surface area contributed by atoms with Crippen LogP contribution in [0.2, 0.25) is 0 Å². The number of aromatic nitrogens is 2. The molecule has 0 spiro atoms. The van der Waals surface area contributed by atoms with Crippen LogP contribution in [0.4, 0.5) is 0 Å². The highest BCUT2D eigenvalue weighted by Crippen LogP contribution is 2.25. The van der Waals surface area contributed by atoms with Gasteiger partial charge in [0, 0.05) is 13.1 Å². The second kappa shape index (κ2) is 6.89. The number of nitrogens with zero attached hydrogens (tertiary/aromatic N) is 3. The number of benzene rings is 1. The number of hydrogen-bond donors (Lipinski definition) is 0. The van der Waals surface area contributed by atoms with Crippen LogP contribution in [0, 0.1) is 6.92 Å². The van der Waals surface area contributed by atoms with E-state index in [4.69, 9.17) is 14.0 Å². The van der Waals surface area contributed by atoms with Gasteiger partial charge < -0.3 is 14.0 Å². The first-order chi connectivity index (χ1) is 10.8. The van der Waals surface area contributed by atoms with Crippen molar-refractivity contribution >= 4 is 0 Å². The molecule has 1 aromatic carbocycles. The molecule has 3 rings (SSSR count). The zero-order valence-corrected chi connectivity index (χ0v) is 13.0. The molecule has 6 nitrogen and oxygen atoms in total. The van der Waals surface area contributed by atoms with E-state index in [0.29, 0.717) is 24.9 Å². The lowest BCUT2D eigenvalue weighted by Crippen LogP contribution is -2.39. The lowest BCUT2D eigenvalue weighted by Gasteiger charge is -2.33. The zero-order chi connectivity index (χ0) is 15.4. The van der Waals surface area contributed by atoms with Crippen LogP contribution in [-0.2, 0) is 11.3 Å². The van der Waals surface area contributed by atoms with Gasteiger partial charge >= 0.3 is 0 Å². The van der Waals surface area contributed by atoms with Gasteiger partial charge in [-0.25, -0.2) is 0 Å². The highest BCUT2D eigenvalue weighted by atomic mass is 16.5. The Morgan fingerprint density at radius 3 is 3.09 bits per heavy atom. The van der Waals surface area contributed by atoms with Crippen LogP contribution in [0.25, 0.3) is 0 Å². The van der Waals surface area contributed by atoms with Crippen molar-refractivity contribution in [2.24, 2.45) is 0 Å². The van der Waals surface area contributed by atoms with Crippen LogP contribution in [0.3, 0.4) is 0 Å². The Morgan fingerprint density at radius 2 is 2.32 bits per heavy atom. The average molecular weight is 303 g/mol. The molecular formula is C16H21N3O3. The summed E-state index contributed by atoms with van der Waals surface area (Å²) in [7, 11) is 0. The summed E-state index contributed by atoms with van der Waals surface area (Å²) in [5.74, 6) is 2.18. The van der Waals surface area contributed by atoms with E-state index in [-0.39, 0.29) is 6.04 Å². The van der Waals surface area contributed by atoms with E-state index in [1.165, 1.54) is 5.56 Å². The Balaban J connectivity index is 1.75. The first kappa shape index (κ1) is 15.0. The minimum absolute atomic E-state index is 0.00528. The molecule has 1 aliphatic rings. The monoisotopic (exact) mass is 303 g/mol. The summed E-state index contributed by atoms with van der Waals surface area (Å²) < 4.78 is 16.5. The molecule has 0 amide bonds. The summed E-state index contributed by atoms with van der Waals surface area (Å²) in [5.41, 5.74) is 1.20. The van der Waals surface area contributed by atoms with Crippen LogP contribution in [0.15, 0.2) is 28.8 Å². The molecule has 0 N–H and O–H groups in total. The first-order valence-electron chi connectivity index (χ1n) is 7.60. The highest BCUT2D eigenvalue weighted by molar-refractivity contribution is 5.28. The van der Waals surface area contributed by atoms with Gasteiger partial charge in [0.15, 0.2) is 5.82 Å². The van der Waals surface area contributed by atoms with Gasteiger partial charge in [0.2, 0.25) is 5.89 Å². The molecule has 0 aliphatic carbocycles. The van der Waals surface area contributed by atoms with Crippen molar-refractivity contribution in [1.82, 2.24) is 15.0 Å². The van der Waals surface area contributed by atoms with E-state index in [2.05, 4.69) is 27.2 Å². The number of aryl methyl sites for hydroxylation is 1. The van der Waals surface area contributed by atoms with Gasteiger partial charge in [-0.1, -0.05) is 17.3 Å². The maximum Gasteiger partial charge on any atom is 0.246 e. The summed E-state index contributed by atoms with van der Waals surface area (Å²) in [5, 5.41) is 3.88. The van der Waals surface area contributed by atoms with Gasteiger partial charge in [-0.2, -0.15) is 4.98 Å². The minimum Gasteiger partial charge on any atom is -0.494 e. The lowest BCUT2D eigenvalue weighted by molar-refractivity contribution is -0.0241. The average Bonchev–Trinajstić information content (AvgIpc) is 2.95. The quantitative estimate of drug-likeness (QED) is 0.845. The largest absolute Gasteiger partial charge is 0.494 e. The summed E-state index contributed by atoms with van der Waals surface area (Å²) in [6.07, 6.45) is 0. The van der Waals surface area contributed by atoms with Crippen molar-refractivity contribution in [2.75, 3.05) is 26.4 Å². The Labute approximate surface area is 130 Å². The Hall–Kier alpha value is -1.92. The molecule has 1 aromatic heterocycles. The maximum atomic E-state index is 5.58. The van der Waals surface area contributed by atoms with Gasteiger partial charge in [-0.3, -0.25) is 4.90 Å². The van der Waals surface area contributed by atoms with Crippen molar-refractivity contribution in [1.29, 1.82) is 0 Å². The molecule has 118 valence electrons. The van der Waals surface area contributed by atoms with Gasteiger partial charge in [-0.15, -0.1) is 0 Å².